The van der Waals surface area contributed by atoms with Crippen molar-refractivity contribution < 1.29 is 14.3 Å². The summed E-state index contributed by atoms with van der Waals surface area (Å²) >= 11 is 7.45. The summed E-state index contributed by atoms with van der Waals surface area (Å²) in [6.07, 6.45) is 0.685. The van der Waals surface area contributed by atoms with E-state index in [0.29, 0.717) is 22.8 Å². The van der Waals surface area contributed by atoms with E-state index in [0.717, 1.165) is 21.7 Å². The molecular weight excluding hydrogens is 456 g/mol. The summed E-state index contributed by atoms with van der Waals surface area (Å²) in [4.78, 5) is 29.1. The lowest BCUT2D eigenvalue weighted by Crippen LogP contribution is -2.22. The molecule has 1 aromatic heterocycles. The fraction of sp³-hybridized carbons (Fsp3) is 0.115. The summed E-state index contributed by atoms with van der Waals surface area (Å²) in [5.74, 6) is -0.896. The Hall–Kier alpha value is -3.48. The van der Waals surface area contributed by atoms with Crippen LogP contribution in [0.25, 0.3) is 10.6 Å². The van der Waals surface area contributed by atoms with E-state index < -0.39 is 5.97 Å². The maximum atomic E-state index is 12.4. The highest BCUT2D eigenvalue weighted by Gasteiger charge is 2.13. The lowest BCUT2D eigenvalue weighted by molar-refractivity contribution is -0.146. The number of hydrogen-bond acceptors (Lipinski definition) is 5. The van der Waals surface area contributed by atoms with Crippen LogP contribution in [0, 0.1) is 0 Å². The number of thiazole rings is 1. The molecule has 0 saturated carbocycles. The standard InChI is InChI=1S/C26H21ClN2O3S/c27-21-11-6-10-20(14-21)26-28-22(17-33-26)15-25(31)32-16-24(30)29-23-12-5-4-9-19(23)13-18-7-2-1-3-8-18/h1-12,14,17H,13,15-16H2,(H,29,30). The molecule has 1 N–H and O–H groups in total. The van der Waals surface area contributed by atoms with E-state index >= 15 is 0 Å². The van der Waals surface area contributed by atoms with Gasteiger partial charge in [0.15, 0.2) is 6.61 Å². The number of hydrogen-bond donors (Lipinski definition) is 1. The molecule has 0 aliphatic carbocycles. The van der Waals surface area contributed by atoms with Gasteiger partial charge in [-0.15, -0.1) is 11.3 Å². The van der Waals surface area contributed by atoms with Crippen LogP contribution in [0.4, 0.5) is 5.69 Å². The molecule has 4 aromatic rings. The maximum Gasteiger partial charge on any atom is 0.312 e. The van der Waals surface area contributed by atoms with E-state index in [9.17, 15) is 9.59 Å². The first-order chi connectivity index (χ1) is 16.1. The highest BCUT2D eigenvalue weighted by molar-refractivity contribution is 7.13. The number of carbonyl (C=O) groups is 2. The Kier molecular flexibility index (Phi) is 7.50. The van der Waals surface area contributed by atoms with E-state index in [-0.39, 0.29) is 18.9 Å². The Labute approximate surface area is 201 Å². The summed E-state index contributed by atoms with van der Waals surface area (Å²) in [7, 11) is 0. The van der Waals surface area contributed by atoms with Crippen LogP contribution in [0.1, 0.15) is 16.8 Å². The fourth-order valence-corrected chi connectivity index (χ4v) is 4.29. The third-order valence-corrected chi connectivity index (χ3v) is 6.02. The summed E-state index contributed by atoms with van der Waals surface area (Å²) in [5.41, 5.74) is 4.31. The van der Waals surface area contributed by atoms with Crippen molar-refractivity contribution in [3.05, 3.63) is 106 Å². The van der Waals surface area contributed by atoms with Crippen LogP contribution in [-0.2, 0) is 27.2 Å². The van der Waals surface area contributed by atoms with Crippen LogP contribution < -0.4 is 5.32 Å². The van der Waals surface area contributed by atoms with Crippen molar-refractivity contribution in [2.75, 3.05) is 11.9 Å². The minimum Gasteiger partial charge on any atom is -0.455 e. The number of halogens is 1. The zero-order valence-electron chi connectivity index (χ0n) is 17.7. The van der Waals surface area contributed by atoms with Crippen molar-refractivity contribution >= 4 is 40.5 Å². The predicted octanol–water partition coefficient (Wildman–Crippen LogP) is 5.78. The molecular formula is C26H21ClN2O3S. The van der Waals surface area contributed by atoms with Crippen molar-refractivity contribution in [1.82, 2.24) is 4.98 Å². The Morgan fingerprint density at radius 3 is 2.58 bits per heavy atom. The van der Waals surface area contributed by atoms with Gasteiger partial charge >= 0.3 is 5.97 Å². The fourth-order valence-electron chi connectivity index (χ4n) is 3.29. The highest BCUT2D eigenvalue weighted by atomic mass is 35.5. The van der Waals surface area contributed by atoms with Crippen LogP contribution in [0.5, 0.6) is 0 Å². The van der Waals surface area contributed by atoms with Gasteiger partial charge in [-0.2, -0.15) is 0 Å². The molecule has 0 spiro atoms. The molecule has 0 unspecified atom stereocenters. The van der Waals surface area contributed by atoms with Crippen molar-refractivity contribution in [3.63, 3.8) is 0 Å². The summed E-state index contributed by atoms with van der Waals surface area (Å²) in [5, 5.41) is 6.04. The topological polar surface area (TPSA) is 68.3 Å². The summed E-state index contributed by atoms with van der Waals surface area (Å²) < 4.78 is 5.16. The normalized spacial score (nSPS) is 10.6. The van der Waals surface area contributed by atoms with Gasteiger partial charge in [-0.3, -0.25) is 9.59 Å². The lowest BCUT2D eigenvalue weighted by atomic mass is 10.0. The number of para-hydroxylation sites is 1. The molecule has 0 fully saturated rings. The zero-order valence-corrected chi connectivity index (χ0v) is 19.2. The molecule has 33 heavy (non-hydrogen) atoms. The van der Waals surface area contributed by atoms with Gasteiger partial charge in [0.1, 0.15) is 5.01 Å². The van der Waals surface area contributed by atoms with Crippen molar-refractivity contribution in [1.29, 1.82) is 0 Å². The molecule has 0 radical (unpaired) electrons. The molecule has 166 valence electrons. The maximum absolute atomic E-state index is 12.4. The molecule has 0 atom stereocenters. The average Bonchev–Trinajstić information content (AvgIpc) is 3.28. The number of ether oxygens (including phenoxy) is 1. The van der Waals surface area contributed by atoms with Gasteiger partial charge in [-0.1, -0.05) is 72.3 Å². The third-order valence-electron chi connectivity index (χ3n) is 4.84. The molecule has 0 aliphatic rings. The van der Waals surface area contributed by atoms with Crippen molar-refractivity contribution in [2.45, 2.75) is 12.8 Å². The molecule has 7 heteroatoms. The van der Waals surface area contributed by atoms with Gasteiger partial charge in [-0.25, -0.2) is 4.98 Å². The SMILES string of the molecule is O=C(COC(=O)Cc1csc(-c2cccc(Cl)c2)n1)Nc1ccccc1Cc1ccccc1. The Balaban J connectivity index is 1.30. The zero-order chi connectivity index (χ0) is 23.0. The van der Waals surface area contributed by atoms with E-state index in [4.69, 9.17) is 16.3 Å². The second-order valence-electron chi connectivity index (χ2n) is 7.36. The van der Waals surface area contributed by atoms with E-state index in [1.54, 1.807) is 11.4 Å². The predicted molar refractivity (Wildman–Crippen MR) is 132 cm³/mol. The number of aromatic nitrogens is 1. The molecule has 0 aliphatic heterocycles. The van der Waals surface area contributed by atoms with Gasteiger partial charge in [0.2, 0.25) is 0 Å². The molecule has 1 heterocycles. The largest absolute Gasteiger partial charge is 0.455 e. The second-order valence-corrected chi connectivity index (χ2v) is 8.65. The highest BCUT2D eigenvalue weighted by Crippen LogP contribution is 2.26. The van der Waals surface area contributed by atoms with Crippen molar-refractivity contribution in [2.24, 2.45) is 0 Å². The number of nitrogens with one attached hydrogen (secondary N) is 1. The first-order valence-electron chi connectivity index (χ1n) is 10.3. The lowest BCUT2D eigenvalue weighted by Gasteiger charge is -2.11. The van der Waals surface area contributed by atoms with Crippen LogP contribution in [-0.4, -0.2) is 23.5 Å². The quantitative estimate of drug-likeness (QED) is 0.327. The van der Waals surface area contributed by atoms with E-state index in [2.05, 4.69) is 10.3 Å². The summed E-state index contributed by atoms with van der Waals surface area (Å²) in [6, 6.07) is 25.0. The molecule has 0 bridgehead atoms. The number of esters is 1. The van der Waals surface area contributed by atoms with Crippen LogP contribution in [0.3, 0.4) is 0 Å². The monoisotopic (exact) mass is 476 g/mol. The van der Waals surface area contributed by atoms with Gasteiger partial charge < -0.3 is 10.1 Å². The Bertz CT molecular complexity index is 1260. The minimum atomic E-state index is -0.509. The van der Waals surface area contributed by atoms with Gasteiger partial charge in [0.25, 0.3) is 5.91 Å². The Morgan fingerprint density at radius 2 is 1.76 bits per heavy atom. The molecule has 1 amide bonds. The van der Waals surface area contributed by atoms with E-state index in [1.165, 1.54) is 11.3 Å². The summed E-state index contributed by atoms with van der Waals surface area (Å²) in [6.45, 7) is -0.357. The minimum absolute atomic E-state index is 0.00502. The Morgan fingerprint density at radius 1 is 0.970 bits per heavy atom. The molecule has 5 nitrogen and oxygen atoms in total. The third kappa shape index (κ3) is 6.51. The van der Waals surface area contributed by atoms with Gasteiger partial charge in [-0.05, 0) is 35.7 Å². The van der Waals surface area contributed by atoms with Gasteiger partial charge in [0.05, 0.1) is 12.1 Å². The number of rotatable bonds is 8. The van der Waals surface area contributed by atoms with Crippen LogP contribution in [0.15, 0.2) is 84.2 Å². The molecule has 0 saturated heterocycles. The first kappa shape index (κ1) is 22.7. The first-order valence-corrected chi connectivity index (χ1v) is 11.6. The van der Waals surface area contributed by atoms with Crippen LogP contribution in [0.2, 0.25) is 5.02 Å². The number of nitrogens with zero attached hydrogens (tertiary/aromatic N) is 1. The van der Waals surface area contributed by atoms with Gasteiger partial charge in [0, 0.05) is 21.7 Å². The molecule has 4 rings (SSSR count). The van der Waals surface area contributed by atoms with Crippen molar-refractivity contribution in [3.8, 4) is 10.6 Å². The average molecular weight is 477 g/mol. The smallest absolute Gasteiger partial charge is 0.312 e. The molecule has 3 aromatic carbocycles. The second kappa shape index (κ2) is 10.9. The number of amides is 1. The van der Waals surface area contributed by atoms with Crippen LogP contribution >= 0.6 is 22.9 Å². The van der Waals surface area contributed by atoms with E-state index in [1.807, 2.05) is 72.8 Å². The number of anilines is 1. The number of benzene rings is 3. The number of carbonyl (C=O) groups excluding carboxylic acids is 2.